The highest BCUT2D eigenvalue weighted by molar-refractivity contribution is 6.08. The molecule has 0 aromatic rings. The van der Waals surface area contributed by atoms with Crippen LogP contribution in [0.15, 0.2) is 0 Å². The Morgan fingerprint density at radius 1 is 1.21 bits per heavy atom. The summed E-state index contributed by atoms with van der Waals surface area (Å²) in [7, 11) is 0. The number of hydrogen-bond donors (Lipinski definition) is 0. The normalized spacial score (nSPS) is 26.3. The number of hydrogen-bond acceptors (Lipinski definition) is 5. The lowest BCUT2D eigenvalue weighted by molar-refractivity contribution is -0.165. The molecule has 1 fully saturated rings. The van der Waals surface area contributed by atoms with Crippen molar-refractivity contribution in [3.05, 3.63) is 0 Å². The fraction of sp³-hybridized carbons (Fsp3) is 0.786. The van der Waals surface area contributed by atoms with E-state index in [0.29, 0.717) is 19.3 Å². The maximum atomic E-state index is 12.4. The zero-order chi connectivity index (χ0) is 14.5. The van der Waals surface area contributed by atoms with E-state index in [1.807, 2.05) is 6.92 Å². The van der Waals surface area contributed by atoms with Crippen molar-refractivity contribution >= 4 is 17.7 Å². The number of ether oxygens (including phenoxy) is 2. The molecule has 2 unspecified atom stereocenters. The zero-order valence-electron chi connectivity index (χ0n) is 11.9. The minimum Gasteiger partial charge on any atom is -0.466 e. The summed E-state index contributed by atoms with van der Waals surface area (Å²) >= 11 is 0. The lowest BCUT2D eigenvalue weighted by Crippen LogP contribution is -2.41. The van der Waals surface area contributed by atoms with Crippen LogP contribution in [0.5, 0.6) is 0 Å². The van der Waals surface area contributed by atoms with Crippen LogP contribution in [0.2, 0.25) is 0 Å². The van der Waals surface area contributed by atoms with Crippen molar-refractivity contribution in [2.24, 2.45) is 11.3 Å². The predicted octanol–water partition coefficient (Wildman–Crippen LogP) is 1.88. The van der Waals surface area contributed by atoms with E-state index in [2.05, 4.69) is 0 Å². The Bertz CT molecular complexity index is 363. The molecular formula is C14H22O5. The molecule has 0 bridgehead atoms. The first kappa shape index (κ1) is 15.7. The maximum absolute atomic E-state index is 12.4. The minimum absolute atomic E-state index is 0.154. The molecule has 1 aliphatic rings. The van der Waals surface area contributed by atoms with Crippen molar-refractivity contribution in [2.45, 2.75) is 46.5 Å². The fourth-order valence-electron chi connectivity index (χ4n) is 2.63. The van der Waals surface area contributed by atoms with Gasteiger partial charge in [0.05, 0.1) is 19.6 Å². The van der Waals surface area contributed by atoms with Gasteiger partial charge < -0.3 is 9.47 Å². The van der Waals surface area contributed by atoms with E-state index in [1.165, 1.54) is 0 Å². The lowest BCUT2D eigenvalue weighted by Gasteiger charge is -2.24. The Labute approximate surface area is 113 Å². The lowest BCUT2D eigenvalue weighted by atomic mass is 9.80. The molecule has 1 aliphatic carbocycles. The SMILES string of the molecule is CCOC(=O)CC1(C(=O)OCC)CCC(CC)C1=O. The van der Waals surface area contributed by atoms with Gasteiger partial charge in [-0.05, 0) is 33.1 Å². The zero-order valence-corrected chi connectivity index (χ0v) is 11.9. The fourth-order valence-corrected chi connectivity index (χ4v) is 2.63. The van der Waals surface area contributed by atoms with Crippen LogP contribution in [0, 0.1) is 11.3 Å². The number of ketones is 1. The summed E-state index contributed by atoms with van der Waals surface area (Å²) in [6.45, 7) is 5.73. The molecule has 19 heavy (non-hydrogen) atoms. The smallest absolute Gasteiger partial charge is 0.320 e. The highest BCUT2D eigenvalue weighted by atomic mass is 16.5. The molecule has 108 valence electrons. The summed E-state index contributed by atoms with van der Waals surface area (Å²) in [5, 5.41) is 0. The molecule has 0 aliphatic heterocycles. The Balaban J connectivity index is 2.95. The molecular weight excluding hydrogens is 248 g/mol. The van der Waals surface area contributed by atoms with Crippen molar-refractivity contribution in [2.75, 3.05) is 13.2 Å². The Kier molecular flexibility index (Phi) is 5.51. The van der Waals surface area contributed by atoms with Crippen LogP contribution in [0.3, 0.4) is 0 Å². The van der Waals surface area contributed by atoms with Gasteiger partial charge in [0.2, 0.25) is 0 Å². The number of carbonyl (C=O) groups is 3. The van der Waals surface area contributed by atoms with Crippen molar-refractivity contribution in [1.29, 1.82) is 0 Å². The number of Topliss-reactive ketones (excluding diaryl/α,β-unsaturated/α-hetero) is 1. The van der Waals surface area contributed by atoms with Crippen molar-refractivity contribution in [3.63, 3.8) is 0 Å². The van der Waals surface area contributed by atoms with Crippen LogP contribution in [0.1, 0.15) is 46.5 Å². The summed E-state index contributed by atoms with van der Waals surface area (Å²) in [5.41, 5.74) is -1.32. The third kappa shape index (κ3) is 3.14. The quantitative estimate of drug-likeness (QED) is 0.544. The van der Waals surface area contributed by atoms with E-state index < -0.39 is 17.4 Å². The highest BCUT2D eigenvalue weighted by Crippen LogP contribution is 2.43. The van der Waals surface area contributed by atoms with Gasteiger partial charge in [0.25, 0.3) is 0 Å². The Morgan fingerprint density at radius 2 is 1.84 bits per heavy atom. The van der Waals surface area contributed by atoms with Gasteiger partial charge in [0.1, 0.15) is 5.41 Å². The van der Waals surface area contributed by atoms with Crippen LogP contribution >= 0.6 is 0 Å². The van der Waals surface area contributed by atoms with Crippen molar-refractivity contribution in [1.82, 2.24) is 0 Å². The molecule has 0 aromatic heterocycles. The average Bonchev–Trinajstić information content (AvgIpc) is 2.68. The first-order chi connectivity index (χ1) is 9.01. The van der Waals surface area contributed by atoms with Gasteiger partial charge in [0.15, 0.2) is 5.78 Å². The summed E-state index contributed by atoms with van der Waals surface area (Å²) in [6.07, 6.45) is 1.49. The molecule has 0 aromatic carbocycles. The maximum Gasteiger partial charge on any atom is 0.320 e. The van der Waals surface area contributed by atoms with Crippen LogP contribution < -0.4 is 0 Å². The number of carbonyl (C=O) groups excluding carboxylic acids is 3. The largest absolute Gasteiger partial charge is 0.466 e. The van der Waals surface area contributed by atoms with Gasteiger partial charge in [-0.1, -0.05) is 6.92 Å². The third-order valence-electron chi connectivity index (χ3n) is 3.67. The van der Waals surface area contributed by atoms with Crippen LogP contribution in [0.4, 0.5) is 0 Å². The van der Waals surface area contributed by atoms with Gasteiger partial charge in [0, 0.05) is 5.92 Å². The molecule has 0 amide bonds. The Morgan fingerprint density at radius 3 is 2.32 bits per heavy atom. The summed E-state index contributed by atoms with van der Waals surface area (Å²) in [4.78, 5) is 36.2. The van der Waals surface area contributed by atoms with Gasteiger partial charge in [-0.15, -0.1) is 0 Å². The monoisotopic (exact) mass is 270 g/mol. The van der Waals surface area contributed by atoms with E-state index in [0.717, 1.165) is 0 Å². The Hall–Kier alpha value is -1.39. The average molecular weight is 270 g/mol. The third-order valence-corrected chi connectivity index (χ3v) is 3.67. The molecule has 1 rings (SSSR count). The molecule has 5 heteroatoms. The van der Waals surface area contributed by atoms with Crippen LogP contribution in [0.25, 0.3) is 0 Å². The van der Waals surface area contributed by atoms with Gasteiger partial charge in [-0.25, -0.2) is 0 Å². The second-order valence-corrected chi connectivity index (χ2v) is 4.79. The van der Waals surface area contributed by atoms with Gasteiger partial charge in [-0.2, -0.15) is 0 Å². The van der Waals surface area contributed by atoms with Crippen LogP contribution in [-0.4, -0.2) is 30.9 Å². The highest BCUT2D eigenvalue weighted by Gasteiger charge is 2.55. The second-order valence-electron chi connectivity index (χ2n) is 4.79. The second kappa shape index (κ2) is 6.68. The molecule has 1 saturated carbocycles. The predicted molar refractivity (Wildman–Crippen MR) is 68.3 cm³/mol. The molecule has 0 saturated heterocycles. The van der Waals surface area contributed by atoms with E-state index >= 15 is 0 Å². The minimum atomic E-state index is -1.32. The van der Waals surface area contributed by atoms with E-state index in [-0.39, 0.29) is 31.3 Å². The molecule has 5 nitrogen and oxygen atoms in total. The molecule has 0 spiro atoms. The van der Waals surface area contributed by atoms with Gasteiger partial charge >= 0.3 is 11.9 Å². The summed E-state index contributed by atoms with van der Waals surface area (Å²) in [6, 6.07) is 0. The molecule has 0 heterocycles. The first-order valence-corrected chi connectivity index (χ1v) is 6.89. The standard InChI is InChI=1S/C14H22O5/c1-4-10-7-8-14(12(10)16,13(17)19-6-3)9-11(15)18-5-2/h10H,4-9H2,1-3H3. The summed E-state index contributed by atoms with van der Waals surface area (Å²) in [5.74, 6) is -1.41. The topological polar surface area (TPSA) is 69.7 Å². The van der Waals surface area contributed by atoms with Crippen molar-refractivity contribution < 1.29 is 23.9 Å². The van der Waals surface area contributed by atoms with Gasteiger partial charge in [-0.3, -0.25) is 14.4 Å². The van der Waals surface area contributed by atoms with Crippen LogP contribution in [-0.2, 0) is 23.9 Å². The van der Waals surface area contributed by atoms with E-state index in [1.54, 1.807) is 13.8 Å². The first-order valence-electron chi connectivity index (χ1n) is 6.89. The molecule has 0 N–H and O–H groups in total. The van der Waals surface area contributed by atoms with E-state index in [9.17, 15) is 14.4 Å². The number of rotatable bonds is 6. The summed E-state index contributed by atoms with van der Waals surface area (Å²) < 4.78 is 9.88. The molecule has 0 radical (unpaired) electrons. The number of esters is 2. The van der Waals surface area contributed by atoms with E-state index in [4.69, 9.17) is 9.47 Å². The molecule has 2 atom stereocenters. The van der Waals surface area contributed by atoms with Crippen molar-refractivity contribution in [3.8, 4) is 0 Å².